The van der Waals surface area contributed by atoms with Gasteiger partial charge in [-0.1, -0.05) is 46.3 Å². The summed E-state index contributed by atoms with van der Waals surface area (Å²) in [5.41, 5.74) is 4.08. The third kappa shape index (κ3) is 4.59. The van der Waals surface area contributed by atoms with E-state index >= 15 is 0 Å². The van der Waals surface area contributed by atoms with Crippen molar-refractivity contribution in [3.05, 3.63) is 74.0 Å². The Kier molecular flexibility index (Phi) is 6.84. The minimum atomic E-state index is -1.60. The molecule has 32 heavy (non-hydrogen) atoms. The van der Waals surface area contributed by atoms with E-state index in [0.717, 1.165) is 5.56 Å². The summed E-state index contributed by atoms with van der Waals surface area (Å²) in [6.45, 7) is 2.25. The first-order valence-corrected chi connectivity index (χ1v) is 10.2. The first-order valence-electron chi connectivity index (χ1n) is 9.40. The van der Waals surface area contributed by atoms with Crippen molar-refractivity contribution in [2.24, 2.45) is 0 Å². The van der Waals surface area contributed by atoms with Crippen molar-refractivity contribution in [1.82, 2.24) is 4.98 Å². The summed E-state index contributed by atoms with van der Waals surface area (Å²) < 4.78 is 11.8. The van der Waals surface area contributed by atoms with Gasteiger partial charge in [0.1, 0.15) is 23.6 Å². The Morgan fingerprint density at radius 3 is 2.25 bits per heavy atom. The molecule has 0 aliphatic rings. The third-order valence-electron chi connectivity index (χ3n) is 4.51. The van der Waals surface area contributed by atoms with Crippen LogP contribution in [0.2, 0.25) is 0 Å². The smallest absolute Gasteiger partial charge is 0.342 e. The number of H-pyrrole nitrogens is 1. The van der Waals surface area contributed by atoms with Gasteiger partial charge in [-0.3, -0.25) is 4.79 Å². The molecule has 0 aliphatic heterocycles. The second-order valence-corrected chi connectivity index (χ2v) is 7.44. The fourth-order valence-electron chi connectivity index (χ4n) is 3.16. The van der Waals surface area contributed by atoms with Gasteiger partial charge in [0.15, 0.2) is 11.5 Å². The molecule has 0 saturated heterocycles. The zero-order valence-corrected chi connectivity index (χ0v) is 18.4. The van der Waals surface area contributed by atoms with Gasteiger partial charge in [-0.05, 0) is 24.6 Å². The summed E-state index contributed by atoms with van der Waals surface area (Å²) in [5.74, 6) is -2.97. The molecule has 2 aromatic carbocycles. The highest BCUT2D eigenvalue weighted by Gasteiger charge is 2.28. The molecule has 0 fully saturated rings. The second-order valence-electron chi connectivity index (χ2n) is 6.59. The molecule has 0 saturated carbocycles. The van der Waals surface area contributed by atoms with Crippen molar-refractivity contribution in [1.29, 1.82) is 0 Å². The van der Waals surface area contributed by atoms with Crippen LogP contribution in [0.4, 0.5) is 5.82 Å². The molecular weight excluding hydrogens is 484 g/mol. The molecule has 0 radical (unpaired) electrons. The number of carboxylic acid groups (broad SMARTS) is 2. The van der Waals surface area contributed by atoms with Crippen LogP contribution in [0.1, 0.15) is 33.2 Å². The Hall–Kier alpha value is -3.79. The number of pyridine rings is 1. The zero-order chi connectivity index (χ0) is 23.4. The minimum Gasteiger partial charge on any atom is -0.490 e. The number of aromatic carboxylic acids is 2. The van der Waals surface area contributed by atoms with E-state index in [0.29, 0.717) is 10.2 Å². The van der Waals surface area contributed by atoms with E-state index in [9.17, 15) is 24.6 Å². The van der Waals surface area contributed by atoms with Gasteiger partial charge < -0.3 is 30.4 Å². The molecule has 9 nitrogen and oxygen atoms in total. The summed E-state index contributed by atoms with van der Waals surface area (Å²) >= 11 is 3.34. The standard InChI is InChI=1S/C22H19BrN2O7/c1-2-31-14-8-12(13(23)9-15(14)32-10-11-6-4-3-5-7-11)16-17(21(27)28)19(24)25-20(26)18(16)22(29)30/h3-9H,2,10H2,1H3,(H,27,28)(H,29,30)(H3,24,25,26). The van der Waals surface area contributed by atoms with E-state index in [-0.39, 0.29) is 30.1 Å². The molecule has 3 aromatic rings. The topological polar surface area (TPSA) is 152 Å². The number of carbonyl (C=O) groups is 2. The average Bonchev–Trinajstić information content (AvgIpc) is 2.73. The molecule has 3 rings (SSSR count). The van der Waals surface area contributed by atoms with Crippen LogP contribution in [0.25, 0.3) is 11.1 Å². The van der Waals surface area contributed by atoms with Crippen molar-refractivity contribution < 1.29 is 29.3 Å². The van der Waals surface area contributed by atoms with E-state index < -0.39 is 34.4 Å². The lowest BCUT2D eigenvalue weighted by Crippen LogP contribution is -2.24. The van der Waals surface area contributed by atoms with Gasteiger partial charge in [-0.25, -0.2) is 9.59 Å². The Morgan fingerprint density at radius 2 is 1.66 bits per heavy atom. The quantitative estimate of drug-likeness (QED) is 0.363. The number of hydrogen-bond acceptors (Lipinski definition) is 6. The van der Waals surface area contributed by atoms with E-state index in [4.69, 9.17) is 15.2 Å². The maximum absolute atomic E-state index is 12.3. The Bertz CT molecular complexity index is 1240. The van der Waals surface area contributed by atoms with E-state index in [1.54, 1.807) is 6.92 Å². The first-order chi connectivity index (χ1) is 15.2. The SMILES string of the molecule is CCOc1cc(-c2c(C(=O)O)c(N)[nH]c(=O)c2C(=O)O)c(Br)cc1OCc1ccccc1. The normalized spacial score (nSPS) is 10.6. The molecule has 0 unspecified atom stereocenters. The predicted molar refractivity (Wildman–Crippen MR) is 120 cm³/mol. The maximum atomic E-state index is 12.3. The lowest BCUT2D eigenvalue weighted by molar-refractivity contribution is 0.0695. The highest BCUT2D eigenvalue weighted by atomic mass is 79.9. The van der Waals surface area contributed by atoms with Gasteiger partial charge in [0.2, 0.25) is 0 Å². The first kappa shape index (κ1) is 22.9. The van der Waals surface area contributed by atoms with Gasteiger partial charge >= 0.3 is 11.9 Å². The van der Waals surface area contributed by atoms with Crippen LogP contribution in [0.5, 0.6) is 11.5 Å². The number of carboxylic acids is 2. The number of rotatable bonds is 8. The second kappa shape index (κ2) is 9.56. The fourth-order valence-corrected chi connectivity index (χ4v) is 3.68. The number of benzene rings is 2. The summed E-state index contributed by atoms with van der Waals surface area (Å²) in [4.78, 5) is 38.1. The van der Waals surface area contributed by atoms with E-state index in [1.165, 1.54) is 12.1 Å². The Balaban J connectivity index is 2.21. The monoisotopic (exact) mass is 502 g/mol. The van der Waals surface area contributed by atoms with Gasteiger partial charge in [0.25, 0.3) is 5.56 Å². The molecule has 0 bridgehead atoms. The van der Waals surface area contributed by atoms with Crippen molar-refractivity contribution in [2.75, 3.05) is 12.3 Å². The van der Waals surface area contributed by atoms with Gasteiger partial charge in [0, 0.05) is 15.6 Å². The number of halogens is 1. The van der Waals surface area contributed by atoms with Crippen molar-refractivity contribution in [2.45, 2.75) is 13.5 Å². The number of nitrogens with one attached hydrogen (secondary N) is 1. The summed E-state index contributed by atoms with van der Waals surface area (Å²) in [5, 5.41) is 19.3. The summed E-state index contributed by atoms with van der Waals surface area (Å²) in [7, 11) is 0. The largest absolute Gasteiger partial charge is 0.490 e. The molecule has 0 spiro atoms. The molecule has 166 valence electrons. The number of aromatic nitrogens is 1. The van der Waals surface area contributed by atoms with Gasteiger partial charge in [0.05, 0.1) is 6.61 Å². The van der Waals surface area contributed by atoms with Crippen molar-refractivity contribution in [3.63, 3.8) is 0 Å². The molecule has 0 aliphatic carbocycles. The molecule has 0 amide bonds. The van der Waals surface area contributed by atoms with Crippen molar-refractivity contribution in [3.8, 4) is 22.6 Å². The average molecular weight is 503 g/mol. The fraction of sp³-hybridized carbons (Fsp3) is 0.136. The van der Waals surface area contributed by atoms with Crippen LogP contribution < -0.4 is 20.8 Å². The van der Waals surface area contributed by atoms with E-state index in [2.05, 4.69) is 20.9 Å². The molecule has 10 heteroatoms. The lowest BCUT2D eigenvalue weighted by atomic mass is 9.95. The summed E-state index contributed by atoms with van der Waals surface area (Å²) in [6, 6.07) is 12.4. The molecule has 1 aromatic heterocycles. The molecule has 0 atom stereocenters. The molecule has 1 heterocycles. The lowest BCUT2D eigenvalue weighted by Gasteiger charge is -2.18. The summed E-state index contributed by atoms with van der Waals surface area (Å²) in [6.07, 6.45) is 0. The van der Waals surface area contributed by atoms with Gasteiger partial charge in [-0.15, -0.1) is 0 Å². The Labute approximate surface area is 190 Å². The van der Waals surface area contributed by atoms with Crippen LogP contribution in [0.15, 0.2) is 51.7 Å². The minimum absolute atomic E-state index is 0.105. The highest BCUT2D eigenvalue weighted by Crippen LogP contribution is 2.41. The van der Waals surface area contributed by atoms with Crippen LogP contribution in [-0.2, 0) is 6.61 Å². The number of nitrogens with two attached hydrogens (primary N) is 1. The third-order valence-corrected chi connectivity index (χ3v) is 5.17. The van der Waals surface area contributed by atoms with Crippen LogP contribution in [0, 0.1) is 0 Å². The Morgan fingerprint density at radius 1 is 1.03 bits per heavy atom. The number of aromatic amines is 1. The number of nitrogen functional groups attached to an aromatic ring is 1. The number of hydrogen-bond donors (Lipinski definition) is 4. The molecular formula is C22H19BrN2O7. The van der Waals surface area contributed by atoms with Crippen LogP contribution in [0.3, 0.4) is 0 Å². The van der Waals surface area contributed by atoms with Crippen molar-refractivity contribution >= 4 is 33.7 Å². The predicted octanol–water partition coefficient (Wildman–Crippen LogP) is 3.76. The maximum Gasteiger partial charge on any atom is 0.342 e. The highest BCUT2D eigenvalue weighted by molar-refractivity contribution is 9.10. The van der Waals surface area contributed by atoms with Crippen LogP contribution in [-0.4, -0.2) is 33.7 Å². The number of ether oxygens (including phenoxy) is 2. The van der Waals surface area contributed by atoms with Crippen LogP contribution >= 0.6 is 15.9 Å². The molecule has 5 N–H and O–H groups in total. The van der Waals surface area contributed by atoms with Gasteiger partial charge in [-0.2, -0.15) is 0 Å². The van der Waals surface area contributed by atoms with E-state index in [1.807, 2.05) is 30.3 Å². The zero-order valence-electron chi connectivity index (χ0n) is 16.8. The number of anilines is 1.